The van der Waals surface area contributed by atoms with E-state index in [9.17, 15) is 18.4 Å². The zero-order valence-corrected chi connectivity index (χ0v) is 14.1. The summed E-state index contributed by atoms with van der Waals surface area (Å²) in [5.41, 5.74) is 1.50. The topological polar surface area (TPSA) is 58.2 Å². The van der Waals surface area contributed by atoms with E-state index in [0.29, 0.717) is 6.07 Å². The van der Waals surface area contributed by atoms with Crippen LogP contribution in [0.4, 0.5) is 14.5 Å². The van der Waals surface area contributed by atoms with Crippen molar-refractivity contribution in [2.45, 2.75) is 26.2 Å². The maximum absolute atomic E-state index is 13.5. The van der Waals surface area contributed by atoms with Crippen molar-refractivity contribution >= 4 is 17.5 Å². The van der Waals surface area contributed by atoms with E-state index in [1.807, 2.05) is 38.1 Å². The van der Waals surface area contributed by atoms with Crippen molar-refractivity contribution < 1.29 is 18.4 Å². The van der Waals surface area contributed by atoms with Crippen LogP contribution in [-0.4, -0.2) is 18.4 Å². The van der Waals surface area contributed by atoms with Crippen molar-refractivity contribution in [3.63, 3.8) is 0 Å². The smallest absolute Gasteiger partial charge is 0.254 e. The highest BCUT2D eigenvalue weighted by Gasteiger charge is 2.13. The minimum absolute atomic E-state index is 0.0426. The molecule has 0 unspecified atom stereocenters. The molecule has 0 atom stereocenters. The van der Waals surface area contributed by atoms with Gasteiger partial charge in [-0.2, -0.15) is 0 Å². The maximum Gasteiger partial charge on any atom is 0.254 e. The molecule has 132 valence electrons. The van der Waals surface area contributed by atoms with E-state index >= 15 is 0 Å². The second-order valence-electron chi connectivity index (χ2n) is 5.92. The standard InChI is InChI=1S/C19H20F2N2O2/c1-12(2)14-5-3-4-6-17(14)23-18(24)9-10-22-19(25)15-8-7-13(20)11-16(15)21/h3-8,11-12H,9-10H2,1-2H3,(H,22,25)(H,23,24). The van der Waals surface area contributed by atoms with Crippen LogP contribution < -0.4 is 10.6 Å². The molecule has 0 saturated heterocycles. The van der Waals surface area contributed by atoms with Crippen molar-refractivity contribution in [3.8, 4) is 0 Å². The third kappa shape index (κ3) is 5.11. The van der Waals surface area contributed by atoms with Crippen LogP contribution >= 0.6 is 0 Å². The number of rotatable bonds is 6. The average Bonchev–Trinajstić information content (AvgIpc) is 2.54. The lowest BCUT2D eigenvalue weighted by Gasteiger charge is -2.13. The number of carbonyl (C=O) groups excluding carboxylic acids is 2. The Morgan fingerprint density at radius 1 is 1.08 bits per heavy atom. The number of carbonyl (C=O) groups is 2. The Kier molecular flexibility index (Phi) is 6.22. The highest BCUT2D eigenvalue weighted by molar-refractivity contribution is 5.95. The normalized spacial score (nSPS) is 10.6. The zero-order valence-electron chi connectivity index (χ0n) is 14.1. The molecule has 0 spiro atoms. The van der Waals surface area contributed by atoms with Gasteiger partial charge in [-0.05, 0) is 29.7 Å². The molecule has 4 nitrogen and oxygen atoms in total. The van der Waals surface area contributed by atoms with Crippen molar-refractivity contribution in [2.75, 3.05) is 11.9 Å². The summed E-state index contributed by atoms with van der Waals surface area (Å²) in [5.74, 6) is -2.37. The third-order valence-corrected chi connectivity index (χ3v) is 3.67. The van der Waals surface area contributed by atoms with Gasteiger partial charge < -0.3 is 10.6 Å². The SMILES string of the molecule is CC(C)c1ccccc1NC(=O)CCNC(=O)c1ccc(F)cc1F. The molecular weight excluding hydrogens is 326 g/mol. The number of nitrogens with one attached hydrogen (secondary N) is 2. The predicted octanol–water partition coefficient (Wildman–Crippen LogP) is 3.85. The quantitative estimate of drug-likeness (QED) is 0.835. The second-order valence-corrected chi connectivity index (χ2v) is 5.92. The number of halogens is 2. The molecule has 0 radical (unpaired) electrons. The second kappa shape index (κ2) is 8.37. The van der Waals surface area contributed by atoms with Crippen molar-refractivity contribution in [2.24, 2.45) is 0 Å². The van der Waals surface area contributed by atoms with Gasteiger partial charge in [0.15, 0.2) is 0 Å². The van der Waals surface area contributed by atoms with Crippen molar-refractivity contribution in [3.05, 3.63) is 65.2 Å². The van der Waals surface area contributed by atoms with E-state index in [2.05, 4.69) is 10.6 Å². The van der Waals surface area contributed by atoms with E-state index in [1.54, 1.807) is 0 Å². The first kappa shape index (κ1) is 18.6. The minimum atomic E-state index is -0.937. The van der Waals surface area contributed by atoms with Crippen LogP contribution in [0.25, 0.3) is 0 Å². The average molecular weight is 346 g/mol. The van der Waals surface area contributed by atoms with Crippen LogP contribution in [-0.2, 0) is 4.79 Å². The highest BCUT2D eigenvalue weighted by Crippen LogP contribution is 2.23. The molecule has 2 rings (SSSR count). The van der Waals surface area contributed by atoms with E-state index in [4.69, 9.17) is 0 Å². The number of amides is 2. The van der Waals surface area contributed by atoms with E-state index in [1.165, 1.54) is 0 Å². The first-order valence-corrected chi connectivity index (χ1v) is 8.00. The largest absolute Gasteiger partial charge is 0.351 e. The molecule has 0 aliphatic heterocycles. The van der Waals surface area contributed by atoms with Crippen molar-refractivity contribution in [1.82, 2.24) is 5.32 Å². The van der Waals surface area contributed by atoms with E-state index in [0.717, 1.165) is 23.4 Å². The fourth-order valence-electron chi connectivity index (χ4n) is 2.39. The van der Waals surface area contributed by atoms with Gasteiger partial charge in [-0.1, -0.05) is 32.0 Å². The number of hydrogen-bond acceptors (Lipinski definition) is 2. The fraction of sp³-hybridized carbons (Fsp3) is 0.263. The summed E-state index contributed by atoms with van der Waals surface area (Å²) in [7, 11) is 0. The lowest BCUT2D eigenvalue weighted by molar-refractivity contribution is -0.116. The third-order valence-electron chi connectivity index (χ3n) is 3.67. The molecule has 0 aromatic heterocycles. The molecule has 2 aromatic carbocycles. The van der Waals surface area contributed by atoms with Gasteiger partial charge in [-0.15, -0.1) is 0 Å². The van der Waals surface area contributed by atoms with Gasteiger partial charge in [0.1, 0.15) is 11.6 Å². The number of para-hydroxylation sites is 1. The highest BCUT2D eigenvalue weighted by atomic mass is 19.1. The van der Waals surface area contributed by atoms with Gasteiger partial charge in [0, 0.05) is 24.7 Å². The summed E-state index contributed by atoms with van der Waals surface area (Å²) in [6.45, 7) is 4.11. The summed E-state index contributed by atoms with van der Waals surface area (Å²) >= 11 is 0. The fourth-order valence-corrected chi connectivity index (χ4v) is 2.39. The summed E-state index contributed by atoms with van der Waals surface area (Å²) in [6, 6.07) is 10.2. The molecular formula is C19H20F2N2O2. The molecule has 2 N–H and O–H groups in total. The predicted molar refractivity (Wildman–Crippen MR) is 92.5 cm³/mol. The molecule has 0 saturated carbocycles. The first-order chi connectivity index (χ1) is 11.9. The molecule has 0 aliphatic carbocycles. The molecule has 0 bridgehead atoms. The molecule has 0 heterocycles. The lowest BCUT2D eigenvalue weighted by Crippen LogP contribution is -2.28. The molecule has 2 amide bonds. The summed E-state index contributed by atoms with van der Waals surface area (Å²) in [5, 5.41) is 5.26. The van der Waals surface area contributed by atoms with Crippen LogP contribution in [0.2, 0.25) is 0 Å². The Balaban J connectivity index is 1.87. The van der Waals surface area contributed by atoms with E-state index in [-0.39, 0.29) is 30.4 Å². The van der Waals surface area contributed by atoms with Crippen LogP contribution in [0.3, 0.4) is 0 Å². The minimum Gasteiger partial charge on any atom is -0.351 e. The molecule has 0 fully saturated rings. The van der Waals surface area contributed by atoms with Crippen LogP contribution in [0, 0.1) is 11.6 Å². The van der Waals surface area contributed by atoms with Crippen LogP contribution in [0.1, 0.15) is 42.1 Å². The molecule has 25 heavy (non-hydrogen) atoms. The van der Waals surface area contributed by atoms with Gasteiger partial charge in [-0.25, -0.2) is 8.78 Å². The van der Waals surface area contributed by atoms with Gasteiger partial charge in [0.25, 0.3) is 5.91 Å². The number of hydrogen-bond donors (Lipinski definition) is 2. The summed E-state index contributed by atoms with van der Waals surface area (Å²) < 4.78 is 26.4. The molecule has 6 heteroatoms. The van der Waals surface area contributed by atoms with Gasteiger partial charge in [-0.3, -0.25) is 9.59 Å². The van der Waals surface area contributed by atoms with Gasteiger partial charge >= 0.3 is 0 Å². The van der Waals surface area contributed by atoms with Gasteiger partial charge in [0.2, 0.25) is 5.91 Å². The Hall–Kier alpha value is -2.76. The molecule has 0 aliphatic rings. The van der Waals surface area contributed by atoms with Crippen LogP contribution in [0.5, 0.6) is 0 Å². The summed E-state index contributed by atoms with van der Waals surface area (Å²) in [6.07, 6.45) is 0.0426. The number of anilines is 1. The van der Waals surface area contributed by atoms with E-state index < -0.39 is 17.5 Å². The maximum atomic E-state index is 13.5. The van der Waals surface area contributed by atoms with Gasteiger partial charge in [0.05, 0.1) is 5.56 Å². The number of benzene rings is 2. The Bertz CT molecular complexity index is 776. The Morgan fingerprint density at radius 2 is 1.80 bits per heavy atom. The zero-order chi connectivity index (χ0) is 18.4. The lowest BCUT2D eigenvalue weighted by atomic mass is 10.0. The van der Waals surface area contributed by atoms with Crippen molar-refractivity contribution in [1.29, 1.82) is 0 Å². The Labute approximate surface area is 145 Å². The Morgan fingerprint density at radius 3 is 2.48 bits per heavy atom. The molecule has 2 aromatic rings. The first-order valence-electron chi connectivity index (χ1n) is 8.00. The van der Waals surface area contributed by atoms with Crippen LogP contribution in [0.15, 0.2) is 42.5 Å². The monoisotopic (exact) mass is 346 g/mol. The summed E-state index contributed by atoms with van der Waals surface area (Å²) in [4.78, 5) is 23.9.